The Morgan fingerprint density at radius 1 is 0.846 bits per heavy atom. The topological polar surface area (TPSA) is 17.8 Å². The molecule has 0 radical (unpaired) electrons. The van der Waals surface area contributed by atoms with Gasteiger partial charge in [-0.3, -0.25) is 4.57 Å². The van der Waals surface area contributed by atoms with Crippen LogP contribution in [0.1, 0.15) is 37.7 Å². The number of hydrogen-bond donors (Lipinski definition) is 0. The van der Waals surface area contributed by atoms with Gasteiger partial charge in [0.1, 0.15) is 5.82 Å². The summed E-state index contributed by atoms with van der Waals surface area (Å²) in [5.74, 6) is 1.07. The van der Waals surface area contributed by atoms with E-state index in [0.29, 0.717) is 0 Å². The van der Waals surface area contributed by atoms with Crippen molar-refractivity contribution in [3.63, 3.8) is 0 Å². The lowest BCUT2D eigenvalue weighted by molar-refractivity contribution is 0.582. The molecular formula is C24H24N2. The molecule has 0 aliphatic carbocycles. The standard InChI is InChI=1S/C24H24N2/c1-4-18-11-10-12-19(17-18)24(2,3)23-25-21-15-8-9-16-22(21)26(23)20-13-6-5-7-14-20/h5-17H,4H2,1-3H3. The molecule has 2 nitrogen and oxygen atoms in total. The van der Waals surface area contributed by atoms with Gasteiger partial charge in [-0.1, -0.05) is 61.5 Å². The first kappa shape index (κ1) is 16.6. The van der Waals surface area contributed by atoms with E-state index in [-0.39, 0.29) is 5.41 Å². The first-order valence-corrected chi connectivity index (χ1v) is 9.24. The van der Waals surface area contributed by atoms with Gasteiger partial charge in [0.05, 0.1) is 11.0 Å². The van der Waals surface area contributed by atoms with Crippen LogP contribution in [-0.4, -0.2) is 9.55 Å². The molecular weight excluding hydrogens is 316 g/mol. The first-order chi connectivity index (χ1) is 12.6. The Bertz CT molecular complexity index is 1040. The zero-order chi connectivity index (χ0) is 18.1. The van der Waals surface area contributed by atoms with Crippen molar-refractivity contribution in [2.24, 2.45) is 0 Å². The molecule has 4 rings (SSSR count). The smallest absolute Gasteiger partial charge is 0.124 e. The average molecular weight is 340 g/mol. The number of fused-ring (bicyclic) bond motifs is 1. The molecule has 0 saturated carbocycles. The highest BCUT2D eigenvalue weighted by molar-refractivity contribution is 5.78. The van der Waals surface area contributed by atoms with Crippen molar-refractivity contribution in [3.8, 4) is 5.69 Å². The zero-order valence-corrected chi connectivity index (χ0v) is 15.6. The summed E-state index contributed by atoms with van der Waals surface area (Å²) < 4.78 is 2.30. The molecule has 0 spiro atoms. The second kappa shape index (κ2) is 6.45. The molecule has 0 unspecified atom stereocenters. The molecule has 0 fully saturated rings. The summed E-state index contributed by atoms with van der Waals surface area (Å²) in [5.41, 5.74) is 5.78. The molecule has 4 aromatic rings. The maximum Gasteiger partial charge on any atom is 0.124 e. The highest BCUT2D eigenvalue weighted by atomic mass is 15.1. The molecule has 0 bridgehead atoms. The number of para-hydroxylation sites is 3. The predicted molar refractivity (Wildman–Crippen MR) is 109 cm³/mol. The third-order valence-electron chi connectivity index (χ3n) is 5.19. The van der Waals surface area contributed by atoms with E-state index in [4.69, 9.17) is 4.98 Å². The van der Waals surface area contributed by atoms with Crippen molar-refractivity contribution in [2.75, 3.05) is 0 Å². The fourth-order valence-electron chi connectivity index (χ4n) is 3.59. The molecule has 0 atom stereocenters. The Morgan fingerprint density at radius 3 is 2.35 bits per heavy atom. The SMILES string of the molecule is CCc1cccc(C(C)(C)c2nc3ccccc3n2-c2ccccc2)c1. The van der Waals surface area contributed by atoms with Crippen LogP contribution in [0.5, 0.6) is 0 Å². The molecule has 26 heavy (non-hydrogen) atoms. The Morgan fingerprint density at radius 2 is 1.58 bits per heavy atom. The van der Waals surface area contributed by atoms with Crippen LogP contribution in [0.25, 0.3) is 16.7 Å². The number of benzene rings is 3. The summed E-state index contributed by atoms with van der Waals surface area (Å²) in [5, 5.41) is 0. The lowest BCUT2D eigenvalue weighted by atomic mass is 9.82. The van der Waals surface area contributed by atoms with Gasteiger partial charge in [-0.15, -0.1) is 0 Å². The van der Waals surface area contributed by atoms with Crippen molar-refractivity contribution in [3.05, 3.63) is 95.8 Å². The molecule has 1 heterocycles. The number of aryl methyl sites for hydroxylation is 1. The van der Waals surface area contributed by atoms with E-state index in [0.717, 1.165) is 29.0 Å². The van der Waals surface area contributed by atoms with E-state index >= 15 is 0 Å². The molecule has 0 aliphatic rings. The summed E-state index contributed by atoms with van der Waals surface area (Å²) in [6, 6.07) is 27.8. The van der Waals surface area contributed by atoms with Crippen LogP contribution in [0, 0.1) is 0 Å². The highest BCUT2D eigenvalue weighted by Crippen LogP contribution is 2.35. The second-order valence-corrected chi connectivity index (χ2v) is 7.27. The summed E-state index contributed by atoms with van der Waals surface area (Å²) >= 11 is 0. The van der Waals surface area contributed by atoms with Gasteiger partial charge in [0.15, 0.2) is 0 Å². The van der Waals surface area contributed by atoms with Crippen LogP contribution >= 0.6 is 0 Å². The van der Waals surface area contributed by atoms with Gasteiger partial charge in [0, 0.05) is 11.1 Å². The van der Waals surface area contributed by atoms with Crippen LogP contribution in [0.4, 0.5) is 0 Å². The summed E-state index contributed by atoms with van der Waals surface area (Å²) in [7, 11) is 0. The van der Waals surface area contributed by atoms with Crippen LogP contribution in [0.15, 0.2) is 78.9 Å². The van der Waals surface area contributed by atoms with Crippen molar-refractivity contribution in [2.45, 2.75) is 32.6 Å². The predicted octanol–water partition coefficient (Wildman–Crippen LogP) is 5.91. The summed E-state index contributed by atoms with van der Waals surface area (Å²) in [6.45, 7) is 6.73. The van der Waals surface area contributed by atoms with E-state index in [2.05, 4.69) is 104 Å². The number of rotatable bonds is 4. The Hall–Kier alpha value is -2.87. The molecule has 0 amide bonds. The summed E-state index contributed by atoms with van der Waals surface area (Å²) in [6.07, 6.45) is 1.04. The van der Waals surface area contributed by atoms with Crippen molar-refractivity contribution >= 4 is 11.0 Å². The minimum Gasteiger partial charge on any atom is -0.296 e. The Kier molecular flexibility index (Phi) is 4.12. The third-order valence-corrected chi connectivity index (χ3v) is 5.19. The molecule has 0 N–H and O–H groups in total. The van der Waals surface area contributed by atoms with Crippen LogP contribution in [0.2, 0.25) is 0 Å². The maximum absolute atomic E-state index is 5.06. The number of aromatic nitrogens is 2. The number of nitrogens with zero attached hydrogens (tertiary/aromatic N) is 2. The maximum atomic E-state index is 5.06. The average Bonchev–Trinajstić information content (AvgIpc) is 3.09. The van der Waals surface area contributed by atoms with Gasteiger partial charge in [-0.2, -0.15) is 0 Å². The number of imidazole rings is 1. The normalized spacial score (nSPS) is 11.8. The minimum absolute atomic E-state index is 0.208. The van der Waals surface area contributed by atoms with Crippen LogP contribution in [-0.2, 0) is 11.8 Å². The summed E-state index contributed by atoms with van der Waals surface area (Å²) in [4.78, 5) is 5.06. The zero-order valence-electron chi connectivity index (χ0n) is 15.6. The quantitative estimate of drug-likeness (QED) is 0.451. The van der Waals surface area contributed by atoms with Gasteiger partial charge in [0.2, 0.25) is 0 Å². The van der Waals surface area contributed by atoms with E-state index in [9.17, 15) is 0 Å². The van der Waals surface area contributed by atoms with E-state index in [1.165, 1.54) is 11.1 Å². The van der Waals surface area contributed by atoms with Gasteiger partial charge < -0.3 is 0 Å². The van der Waals surface area contributed by atoms with Gasteiger partial charge in [-0.25, -0.2) is 4.98 Å². The van der Waals surface area contributed by atoms with Crippen LogP contribution in [0.3, 0.4) is 0 Å². The molecule has 130 valence electrons. The molecule has 0 saturated heterocycles. The fourth-order valence-corrected chi connectivity index (χ4v) is 3.59. The largest absolute Gasteiger partial charge is 0.296 e. The van der Waals surface area contributed by atoms with Gasteiger partial charge in [0.25, 0.3) is 0 Å². The van der Waals surface area contributed by atoms with E-state index < -0.39 is 0 Å². The van der Waals surface area contributed by atoms with Crippen LogP contribution < -0.4 is 0 Å². The van der Waals surface area contributed by atoms with Gasteiger partial charge in [-0.05, 0) is 55.7 Å². The molecule has 2 heteroatoms. The lowest BCUT2D eigenvalue weighted by Gasteiger charge is -2.26. The molecule has 3 aromatic carbocycles. The third kappa shape index (κ3) is 2.72. The van der Waals surface area contributed by atoms with Gasteiger partial charge >= 0.3 is 0 Å². The van der Waals surface area contributed by atoms with E-state index in [1.54, 1.807) is 0 Å². The van der Waals surface area contributed by atoms with Crippen molar-refractivity contribution in [1.82, 2.24) is 9.55 Å². The monoisotopic (exact) mass is 340 g/mol. The van der Waals surface area contributed by atoms with Crippen molar-refractivity contribution < 1.29 is 0 Å². The molecule has 0 aliphatic heterocycles. The lowest BCUT2D eigenvalue weighted by Crippen LogP contribution is -2.24. The Labute approximate surface area is 155 Å². The highest BCUT2D eigenvalue weighted by Gasteiger charge is 2.30. The number of hydrogen-bond acceptors (Lipinski definition) is 1. The first-order valence-electron chi connectivity index (χ1n) is 9.24. The Balaban J connectivity index is 1.98. The fraction of sp³-hybridized carbons (Fsp3) is 0.208. The second-order valence-electron chi connectivity index (χ2n) is 7.27. The minimum atomic E-state index is -0.208. The molecule has 1 aromatic heterocycles. The van der Waals surface area contributed by atoms with E-state index in [1.807, 2.05) is 0 Å². The van der Waals surface area contributed by atoms with Crippen molar-refractivity contribution in [1.29, 1.82) is 0 Å².